The fraction of sp³-hybridized carbons (Fsp3) is 0.400. The van der Waals surface area contributed by atoms with Crippen molar-refractivity contribution >= 4 is 34.3 Å². The monoisotopic (exact) mass is 529 g/mol. The lowest BCUT2D eigenvalue weighted by atomic mass is 9.85. The van der Waals surface area contributed by atoms with Gasteiger partial charge >= 0.3 is 6.18 Å². The van der Waals surface area contributed by atoms with E-state index in [0.717, 1.165) is 18.1 Å². The number of amides is 3. The fourth-order valence-electron chi connectivity index (χ4n) is 5.16. The third-order valence-corrected chi connectivity index (χ3v) is 7.17. The number of hydrogen-bond donors (Lipinski definition) is 1. The van der Waals surface area contributed by atoms with Crippen LogP contribution in [0.25, 0.3) is 10.9 Å². The molecule has 1 N–H and O–H groups in total. The molecule has 2 aliphatic rings. The van der Waals surface area contributed by atoms with Crippen LogP contribution in [0.4, 0.5) is 18.9 Å². The Morgan fingerprint density at radius 2 is 1.84 bits per heavy atom. The van der Waals surface area contributed by atoms with Gasteiger partial charge in [0.1, 0.15) is 24.3 Å². The van der Waals surface area contributed by atoms with Gasteiger partial charge in [-0.2, -0.15) is 18.3 Å². The first kappa shape index (κ1) is 25.5. The van der Waals surface area contributed by atoms with Crippen molar-refractivity contribution in [1.82, 2.24) is 29.9 Å². The zero-order valence-electron chi connectivity index (χ0n) is 20.6. The molecule has 13 heteroatoms. The molecule has 3 amide bonds. The van der Waals surface area contributed by atoms with E-state index in [0.29, 0.717) is 23.3 Å². The van der Waals surface area contributed by atoms with Crippen LogP contribution in [0.2, 0.25) is 0 Å². The Labute approximate surface area is 216 Å². The number of H-pyrrole nitrogens is 1. The second kappa shape index (κ2) is 9.62. The Balaban J connectivity index is 1.34. The Morgan fingerprint density at radius 1 is 1.13 bits per heavy atom. The topological polar surface area (TPSA) is 106 Å². The number of carbonyl (C=O) groups is 3. The van der Waals surface area contributed by atoms with Crippen LogP contribution in [0.5, 0.6) is 0 Å². The highest BCUT2D eigenvalue weighted by Gasteiger charge is 2.54. The first-order chi connectivity index (χ1) is 18.1. The lowest BCUT2D eigenvalue weighted by Gasteiger charge is -2.43. The molecule has 3 aromatic rings. The van der Waals surface area contributed by atoms with Crippen LogP contribution in [0.15, 0.2) is 48.8 Å². The van der Waals surface area contributed by atoms with Crippen LogP contribution in [0.1, 0.15) is 23.3 Å². The summed E-state index contributed by atoms with van der Waals surface area (Å²) in [7, 11) is 1.07. The number of benzene rings is 1. The summed E-state index contributed by atoms with van der Waals surface area (Å²) in [6.45, 7) is -1.25. The van der Waals surface area contributed by atoms with Crippen molar-refractivity contribution in [3.8, 4) is 0 Å². The van der Waals surface area contributed by atoms with Crippen molar-refractivity contribution in [1.29, 1.82) is 0 Å². The maximum Gasteiger partial charge on any atom is 0.406 e. The summed E-state index contributed by atoms with van der Waals surface area (Å²) < 4.78 is 38.4. The van der Waals surface area contributed by atoms with Gasteiger partial charge in [0.25, 0.3) is 11.8 Å². The van der Waals surface area contributed by atoms with Gasteiger partial charge in [0.05, 0.1) is 24.6 Å². The van der Waals surface area contributed by atoms with Crippen LogP contribution in [0, 0.1) is 0 Å². The number of nitrogens with zero attached hydrogens (tertiary/aromatic N) is 6. The van der Waals surface area contributed by atoms with Gasteiger partial charge in [0.2, 0.25) is 5.91 Å². The number of rotatable bonds is 5. The third kappa shape index (κ3) is 4.75. The third-order valence-electron chi connectivity index (χ3n) is 7.17. The number of piperidine rings is 1. The summed E-state index contributed by atoms with van der Waals surface area (Å²) in [5.41, 5.74) is 0.714. The van der Waals surface area contributed by atoms with Gasteiger partial charge < -0.3 is 19.6 Å². The summed E-state index contributed by atoms with van der Waals surface area (Å²) in [4.78, 5) is 49.1. The van der Waals surface area contributed by atoms with Gasteiger partial charge in [-0.1, -0.05) is 18.2 Å². The van der Waals surface area contributed by atoms with E-state index in [9.17, 15) is 27.6 Å². The highest BCUT2D eigenvalue weighted by molar-refractivity contribution is 5.98. The van der Waals surface area contributed by atoms with Crippen molar-refractivity contribution < 1.29 is 27.6 Å². The van der Waals surface area contributed by atoms with Crippen LogP contribution in [-0.2, 0) is 9.59 Å². The summed E-state index contributed by atoms with van der Waals surface area (Å²) in [6.07, 6.45) is -0.792. The number of hydrogen-bond acceptors (Lipinski definition) is 6. The summed E-state index contributed by atoms with van der Waals surface area (Å²) >= 11 is 0. The number of nitrogens with one attached hydrogen (secondary N) is 1. The quantitative estimate of drug-likeness (QED) is 0.544. The lowest BCUT2D eigenvalue weighted by Crippen LogP contribution is -2.57. The minimum atomic E-state index is -4.53. The number of halogens is 3. The fourth-order valence-corrected chi connectivity index (χ4v) is 5.16. The molecule has 10 nitrogen and oxygen atoms in total. The van der Waals surface area contributed by atoms with Crippen molar-refractivity contribution in [2.45, 2.75) is 24.6 Å². The highest BCUT2D eigenvalue weighted by atomic mass is 19.4. The first-order valence-corrected chi connectivity index (χ1v) is 12.1. The second-order valence-electron chi connectivity index (χ2n) is 9.62. The van der Waals surface area contributed by atoms with Crippen molar-refractivity contribution in [3.05, 3.63) is 54.5 Å². The minimum absolute atomic E-state index is 0.0567. The standard InChI is InChI=1S/C25H26F3N7O3/c1-32(15-25(26,27)28)21(36)14-34-16-35(18-5-3-2-4-6-18)24(23(34)38)7-9-33(10-8-24)22(37)19-11-17-12-30-31-20(17)13-29-19/h2-6,11-13H,7-10,14-16H2,1H3,(H,30,31). The Hall–Kier alpha value is -4.16. The summed E-state index contributed by atoms with van der Waals surface area (Å²) in [5, 5.41) is 7.49. The number of likely N-dealkylation sites (tertiary alicyclic amines) is 1. The lowest BCUT2D eigenvalue weighted by molar-refractivity contribution is -0.159. The van der Waals surface area contributed by atoms with Crippen LogP contribution in [-0.4, -0.2) is 99.2 Å². The van der Waals surface area contributed by atoms with E-state index in [1.807, 2.05) is 35.2 Å². The van der Waals surface area contributed by atoms with Gasteiger partial charge in [-0.05, 0) is 31.0 Å². The predicted molar refractivity (Wildman–Crippen MR) is 131 cm³/mol. The van der Waals surface area contributed by atoms with E-state index >= 15 is 0 Å². The molecule has 2 saturated heterocycles. The van der Waals surface area contributed by atoms with Gasteiger partial charge in [0, 0.05) is 31.2 Å². The molecule has 0 radical (unpaired) electrons. The number of aromatic nitrogens is 3. The second-order valence-corrected chi connectivity index (χ2v) is 9.62. The average Bonchev–Trinajstić information content (AvgIpc) is 3.47. The highest BCUT2D eigenvalue weighted by Crippen LogP contribution is 2.39. The number of para-hydroxylation sites is 1. The van der Waals surface area contributed by atoms with Gasteiger partial charge in [0.15, 0.2) is 0 Å². The maximum atomic E-state index is 13.7. The van der Waals surface area contributed by atoms with E-state index in [-0.39, 0.29) is 37.3 Å². The normalized spacial score (nSPS) is 17.5. The van der Waals surface area contributed by atoms with Gasteiger partial charge in [-0.15, -0.1) is 0 Å². The molecule has 2 aromatic heterocycles. The number of likely N-dealkylation sites (N-methyl/N-ethyl adjacent to an activating group) is 1. The molecule has 0 unspecified atom stereocenters. The number of carbonyl (C=O) groups excluding carboxylic acids is 3. The zero-order valence-corrected chi connectivity index (χ0v) is 20.6. The molecule has 4 heterocycles. The minimum Gasteiger partial charge on any atom is -0.339 e. The number of fused-ring (bicyclic) bond motifs is 1. The zero-order chi connectivity index (χ0) is 27.1. The van der Waals surface area contributed by atoms with Gasteiger partial charge in [-0.3, -0.25) is 19.5 Å². The first-order valence-electron chi connectivity index (χ1n) is 12.1. The summed E-state index contributed by atoms with van der Waals surface area (Å²) in [5.74, 6) is -1.39. The molecular formula is C25H26F3N7O3. The van der Waals surface area contributed by atoms with Crippen LogP contribution in [0.3, 0.4) is 0 Å². The van der Waals surface area contributed by atoms with E-state index in [1.165, 1.54) is 4.90 Å². The largest absolute Gasteiger partial charge is 0.406 e. The SMILES string of the molecule is CN(CC(F)(F)F)C(=O)CN1CN(c2ccccc2)C2(CCN(C(=O)c3cc4cn[nH]c4cn3)CC2)C1=O. The number of pyridine rings is 1. The number of alkyl halides is 3. The average molecular weight is 530 g/mol. The molecule has 2 fully saturated rings. The molecule has 1 spiro atoms. The molecule has 2 aliphatic heterocycles. The van der Waals surface area contributed by atoms with Crippen molar-refractivity contribution in [3.63, 3.8) is 0 Å². The molecule has 5 rings (SSSR count). The Kier molecular flexibility index (Phi) is 6.45. The van der Waals surface area contributed by atoms with Crippen molar-refractivity contribution in [2.75, 3.05) is 44.8 Å². The summed E-state index contributed by atoms with van der Waals surface area (Å²) in [6, 6.07) is 10.8. The van der Waals surface area contributed by atoms with Crippen LogP contribution < -0.4 is 4.90 Å². The molecule has 0 atom stereocenters. The smallest absolute Gasteiger partial charge is 0.339 e. The number of aromatic amines is 1. The van der Waals surface area contributed by atoms with E-state index in [4.69, 9.17) is 0 Å². The molecule has 38 heavy (non-hydrogen) atoms. The maximum absolute atomic E-state index is 13.7. The Morgan fingerprint density at radius 3 is 2.53 bits per heavy atom. The van der Waals surface area contributed by atoms with E-state index in [2.05, 4.69) is 15.2 Å². The molecule has 1 aromatic carbocycles. The Bertz CT molecular complexity index is 1350. The van der Waals surface area contributed by atoms with Crippen molar-refractivity contribution in [2.24, 2.45) is 0 Å². The molecule has 200 valence electrons. The van der Waals surface area contributed by atoms with Crippen LogP contribution >= 0.6 is 0 Å². The molecular weight excluding hydrogens is 503 g/mol. The molecule has 0 saturated carbocycles. The predicted octanol–water partition coefficient (Wildman–Crippen LogP) is 2.26. The molecule has 0 aliphatic carbocycles. The molecule has 0 bridgehead atoms. The van der Waals surface area contributed by atoms with E-state index < -0.39 is 30.7 Å². The van der Waals surface area contributed by atoms with Gasteiger partial charge in [-0.25, -0.2) is 4.98 Å². The van der Waals surface area contributed by atoms with E-state index in [1.54, 1.807) is 23.4 Å². The number of anilines is 1.